The number of halogens is 1. The molecule has 1 heteroatoms. The van der Waals surface area contributed by atoms with Gasteiger partial charge in [0.25, 0.3) is 0 Å². The lowest BCUT2D eigenvalue weighted by Gasteiger charge is -2.00. The first-order valence-electron chi connectivity index (χ1n) is 5.74. The fourth-order valence-electron chi connectivity index (χ4n) is 1.52. The van der Waals surface area contributed by atoms with Crippen LogP contribution in [0.2, 0.25) is 0 Å². The molecular formula is C14H19Br. The summed E-state index contributed by atoms with van der Waals surface area (Å²) in [6, 6.07) is 10.5. The zero-order chi connectivity index (χ0) is 10.9. The van der Waals surface area contributed by atoms with Crippen molar-refractivity contribution in [1.82, 2.24) is 0 Å². The van der Waals surface area contributed by atoms with E-state index in [1.165, 1.54) is 35.7 Å². The van der Waals surface area contributed by atoms with Crippen LogP contribution in [0, 0.1) is 0 Å². The van der Waals surface area contributed by atoms with Gasteiger partial charge in [-0.2, -0.15) is 0 Å². The molecule has 0 saturated carbocycles. The van der Waals surface area contributed by atoms with Crippen molar-refractivity contribution in [2.45, 2.75) is 39.0 Å². The third-order valence-electron chi connectivity index (χ3n) is 2.39. The standard InChI is InChI=1S/C14H19Br/c1-2-3-4-8-11-14(15)12-13-9-6-5-7-10-13/h5-7,9-10,12H,2-4,8,11H2,1H3/b14-12+. The summed E-state index contributed by atoms with van der Waals surface area (Å²) < 4.78 is 1.31. The summed E-state index contributed by atoms with van der Waals surface area (Å²) in [7, 11) is 0. The molecule has 0 N–H and O–H groups in total. The Bertz CT molecular complexity index is 287. The fourth-order valence-corrected chi connectivity index (χ4v) is 2.07. The van der Waals surface area contributed by atoms with Crippen molar-refractivity contribution in [2.75, 3.05) is 0 Å². The molecule has 0 spiro atoms. The van der Waals surface area contributed by atoms with Crippen molar-refractivity contribution in [3.05, 3.63) is 40.4 Å². The van der Waals surface area contributed by atoms with E-state index in [1.54, 1.807) is 0 Å². The minimum atomic E-state index is 1.16. The van der Waals surface area contributed by atoms with E-state index in [0.717, 1.165) is 6.42 Å². The highest BCUT2D eigenvalue weighted by atomic mass is 79.9. The van der Waals surface area contributed by atoms with Gasteiger partial charge in [0.2, 0.25) is 0 Å². The van der Waals surface area contributed by atoms with E-state index in [1.807, 2.05) is 6.07 Å². The summed E-state index contributed by atoms with van der Waals surface area (Å²) in [6.07, 6.45) is 8.67. The smallest absolute Gasteiger partial charge is 0.00434 e. The molecule has 0 aliphatic heterocycles. The van der Waals surface area contributed by atoms with Crippen molar-refractivity contribution in [2.24, 2.45) is 0 Å². The van der Waals surface area contributed by atoms with Gasteiger partial charge < -0.3 is 0 Å². The molecule has 15 heavy (non-hydrogen) atoms. The normalized spacial score (nSPS) is 11.7. The maximum atomic E-state index is 3.63. The predicted octanol–water partition coefficient (Wildman–Crippen LogP) is 5.39. The molecule has 0 aliphatic carbocycles. The summed E-state index contributed by atoms with van der Waals surface area (Å²) >= 11 is 3.63. The average molecular weight is 267 g/mol. The highest BCUT2D eigenvalue weighted by molar-refractivity contribution is 9.11. The van der Waals surface area contributed by atoms with Crippen LogP contribution in [0.5, 0.6) is 0 Å². The Morgan fingerprint density at radius 1 is 1.13 bits per heavy atom. The SMILES string of the molecule is CCCCCC/C(Br)=C\c1ccccc1. The van der Waals surface area contributed by atoms with E-state index < -0.39 is 0 Å². The van der Waals surface area contributed by atoms with Crippen LogP contribution in [-0.2, 0) is 0 Å². The molecule has 1 aromatic carbocycles. The van der Waals surface area contributed by atoms with E-state index >= 15 is 0 Å². The molecule has 0 amide bonds. The molecule has 0 radical (unpaired) electrons. The van der Waals surface area contributed by atoms with Gasteiger partial charge in [0, 0.05) is 0 Å². The number of benzene rings is 1. The van der Waals surface area contributed by atoms with Crippen LogP contribution in [0.15, 0.2) is 34.8 Å². The van der Waals surface area contributed by atoms with Crippen molar-refractivity contribution in [3.63, 3.8) is 0 Å². The minimum Gasteiger partial charge on any atom is -0.0654 e. The first kappa shape index (κ1) is 12.5. The summed E-state index contributed by atoms with van der Waals surface area (Å²) in [5.74, 6) is 0. The van der Waals surface area contributed by atoms with Crippen LogP contribution < -0.4 is 0 Å². The first-order chi connectivity index (χ1) is 7.33. The van der Waals surface area contributed by atoms with Gasteiger partial charge in [-0.15, -0.1) is 0 Å². The molecule has 1 aromatic rings. The highest BCUT2D eigenvalue weighted by Crippen LogP contribution is 2.19. The lowest BCUT2D eigenvalue weighted by molar-refractivity contribution is 0.673. The van der Waals surface area contributed by atoms with Gasteiger partial charge in [0.1, 0.15) is 0 Å². The molecular weight excluding hydrogens is 248 g/mol. The van der Waals surface area contributed by atoms with Crippen LogP contribution in [0.25, 0.3) is 6.08 Å². The molecule has 0 heterocycles. The second kappa shape index (κ2) is 7.70. The van der Waals surface area contributed by atoms with Crippen LogP contribution in [-0.4, -0.2) is 0 Å². The van der Waals surface area contributed by atoms with E-state index in [9.17, 15) is 0 Å². The van der Waals surface area contributed by atoms with Gasteiger partial charge >= 0.3 is 0 Å². The second-order valence-electron chi connectivity index (χ2n) is 3.81. The Hall–Kier alpha value is -0.560. The van der Waals surface area contributed by atoms with E-state index in [-0.39, 0.29) is 0 Å². The molecule has 0 nitrogen and oxygen atoms in total. The Balaban J connectivity index is 2.33. The molecule has 0 bridgehead atoms. The molecule has 1 rings (SSSR count). The third-order valence-corrected chi connectivity index (χ3v) is 3.02. The Morgan fingerprint density at radius 3 is 2.53 bits per heavy atom. The molecule has 82 valence electrons. The summed E-state index contributed by atoms with van der Waals surface area (Å²) in [5, 5.41) is 0. The van der Waals surface area contributed by atoms with Crippen LogP contribution in [0.4, 0.5) is 0 Å². The molecule has 0 unspecified atom stereocenters. The Morgan fingerprint density at radius 2 is 1.87 bits per heavy atom. The summed E-state index contributed by atoms with van der Waals surface area (Å²) in [6.45, 7) is 2.24. The molecule has 0 atom stereocenters. The summed E-state index contributed by atoms with van der Waals surface area (Å²) in [5.41, 5.74) is 1.28. The topological polar surface area (TPSA) is 0 Å². The van der Waals surface area contributed by atoms with Gasteiger partial charge in [-0.25, -0.2) is 0 Å². The largest absolute Gasteiger partial charge is 0.0654 e. The maximum Gasteiger partial charge on any atom is -0.00434 e. The monoisotopic (exact) mass is 266 g/mol. The Labute approximate surface area is 102 Å². The minimum absolute atomic E-state index is 1.16. The van der Waals surface area contributed by atoms with Gasteiger partial charge in [0.05, 0.1) is 0 Å². The molecule has 0 aliphatic rings. The number of allylic oxidation sites excluding steroid dienone is 1. The van der Waals surface area contributed by atoms with Crippen LogP contribution >= 0.6 is 15.9 Å². The zero-order valence-electron chi connectivity index (χ0n) is 9.38. The van der Waals surface area contributed by atoms with Crippen molar-refractivity contribution in [3.8, 4) is 0 Å². The van der Waals surface area contributed by atoms with Crippen molar-refractivity contribution in [1.29, 1.82) is 0 Å². The van der Waals surface area contributed by atoms with Gasteiger partial charge in [-0.05, 0) is 29.0 Å². The predicted molar refractivity (Wildman–Crippen MR) is 72.1 cm³/mol. The lowest BCUT2D eigenvalue weighted by Crippen LogP contribution is -1.78. The molecule has 0 fully saturated rings. The first-order valence-corrected chi connectivity index (χ1v) is 6.53. The quantitative estimate of drug-likeness (QED) is 0.606. The van der Waals surface area contributed by atoms with E-state index in [2.05, 4.69) is 53.2 Å². The number of hydrogen-bond donors (Lipinski definition) is 0. The average Bonchev–Trinajstić information content (AvgIpc) is 2.26. The van der Waals surface area contributed by atoms with E-state index in [4.69, 9.17) is 0 Å². The summed E-state index contributed by atoms with van der Waals surface area (Å²) in [4.78, 5) is 0. The number of hydrogen-bond acceptors (Lipinski definition) is 0. The Kier molecular flexibility index (Phi) is 6.42. The van der Waals surface area contributed by atoms with Crippen molar-refractivity contribution < 1.29 is 0 Å². The molecule has 0 saturated heterocycles. The maximum absolute atomic E-state index is 3.63. The van der Waals surface area contributed by atoms with Gasteiger partial charge in [-0.1, -0.05) is 72.4 Å². The van der Waals surface area contributed by atoms with Gasteiger partial charge in [0.15, 0.2) is 0 Å². The van der Waals surface area contributed by atoms with E-state index in [0.29, 0.717) is 0 Å². The van der Waals surface area contributed by atoms with Crippen LogP contribution in [0.3, 0.4) is 0 Å². The fraction of sp³-hybridized carbons (Fsp3) is 0.429. The van der Waals surface area contributed by atoms with Crippen molar-refractivity contribution >= 4 is 22.0 Å². The van der Waals surface area contributed by atoms with Crippen LogP contribution in [0.1, 0.15) is 44.6 Å². The zero-order valence-corrected chi connectivity index (χ0v) is 11.0. The van der Waals surface area contributed by atoms with Gasteiger partial charge in [-0.3, -0.25) is 0 Å². The number of unbranched alkanes of at least 4 members (excludes halogenated alkanes) is 3. The molecule has 0 aromatic heterocycles. The highest BCUT2D eigenvalue weighted by Gasteiger charge is 1.93. The second-order valence-corrected chi connectivity index (χ2v) is 4.83. The third kappa shape index (κ3) is 5.78. The number of rotatable bonds is 6. The lowest BCUT2D eigenvalue weighted by atomic mass is 10.1.